The van der Waals surface area contributed by atoms with E-state index in [4.69, 9.17) is 9.97 Å². The van der Waals surface area contributed by atoms with E-state index in [1.54, 1.807) is 0 Å². The third-order valence-corrected chi connectivity index (χ3v) is 9.13. The Morgan fingerprint density at radius 1 is 0.395 bits per heavy atom. The van der Waals surface area contributed by atoms with E-state index in [9.17, 15) is 0 Å². The number of aromatic nitrogens is 3. The molecule has 43 heavy (non-hydrogen) atoms. The lowest BCUT2D eigenvalue weighted by Crippen LogP contribution is -2.04. The summed E-state index contributed by atoms with van der Waals surface area (Å²) >= 11 is 0. The number of benzene rings is 7. The zero-order valence-corrected chi connectivity index (χ0v) is 23.1. The second-order valence-electron chi connectivity index (χ2n) is 11.4. The van der Waals surface area contributed by atoms with Crippen LogP contribution in [0.4, 0.5) is 0 Å². The molecule has 10 rings (SSSR count). The Kier molecular flexibility index (Phi) is 4.45. The van der Waals surface area contributed by atoms with Gasteiger partial charge in [0.1, 0.15) is 0 Å². The van der Waals surface area contributed by atoms with Gasteiger partial charge < -0.3 is 0 Å². The molecule has 0 atom stereocenters. The molecule has 0 unspecified atom stereocenters. The molecule has 0 fully saturated rings. The third kappa shape index (κ3) is 3.03. The van der Waals surface area contributed by atoms with Crippen LogP contribution in [-0.2, 0) is 0 Å². The number of fused-ring (bicyclic) bond motifs is 5. The van der Waals surface area contributed by atoms with Crippen molar-refractivity contribution in [1.82, 2.24) is 14.5 Å². The van der Waals surface area contributed by atoms with E-state index < -0.39 is 0 Å². The van der Waals surface area contributed by atoms with E-state index in [0.29, 0.717) is 5.95 Å². The van der Waals surface area contributed by atoms with Crippen molar-refractivity contribution >= 4 is 54.3 Å². The first-order valence-corrected chi connectivity index (χ1v) is 14.7. The van der Waals surface area contributed by atoms with Gasteiger partial charge in [-0.05, 0) is 56.6 Å². The monoisotopic (exact) mass is 545 g/mol. The Labute approximate surface area is 247 Å². The summed E-state index contributed by atoms with van der Waals surface area (Å²) < 4.78 is 2.28. The molecule has 0 aliphatic heterocycles. The van der Waals surface area contributed by atoms with Crippen LogP contribution in [0.25, 0.3) is 93.7 Å². The van der Waals surface area contributed by atoms with Crippen molar-refractivity contribution in [3.63, 3.8) is 0 Å². The second-order valence-corrected chi connectivity index (χ2v) is 11.4. The van der Waals surface area contributed by atoms with Gasteiger partial charge in [0.25, 0.3) is 0 Å². The van der Waals surface area contributed by atoms with Crippen LogP contribution in [0.1, 0.15) is 0 Å². The molecule has 2 heterocycles. The summed E-state index contributed by atoms with van der Waals surface area (Å²) in [5, 5.41) is 8.43. The summed E-state index contributed by atoms with van der Waals surface area (Å²) in [6, 6.07) is 50.0. The standard InChI is InChI=1S/C40H23N3/c1-2-11-26(12-3-1)38-32-23-22-24-10-4-5-15-27(24)39(32)42-40(41-38)43-33-20-8-18-30-28-16-6-13-25-14-7-17-29(35(25)28)31-19-9-21-34(43)37(31)36(30)33/h1-23H. The van der Waals surface area contributed by atoms with E-state index in [0.717, 1.165) is 38.6 Å². The van der Waals surface area contributed by atoms with Crippen LogP contribution in [0.3, 0.4) is 0 Å². The van der Waals surface area contributed by atoms with E-state index >= 15 is 0 Å². The zero-order chi connectivity index (χ0) is 28.1. The molecule has 3 heteroatoms. The van der Waals surface area contributed by atoms with Crippen molar-refractivity contribution in [3.8, 4) is 39.5 Å². The topological polar surface area (TPSA) is 30.7 Å². The molecule has 3 nitrogen and oxygen atoms in total. The van der Waals surface area contributed by atoms with Crippen molar-refractivity contribution in [3.05, 3.63) is 140 Å². The molecule has 0 amide bonds. The highest BCUT2D eigenvalue weighted by atomic mass is 15.2. The Morgan fingerprint density at radius 3 is 1.67 bits per heavy atom. The molecular weight excluding hydrogens is 522 g/mol. The maximum absolute atomic E-state index is 5.37. The van der Waals surface area contributed by atoms with Gasteiger partial charge in [-0.1, -0.05) is 121 Å². The van der Waals surface area contributed by atoms with Gasteiger partial charge in [-0.3, -0.25) is 4.57 Å². The normalized spacial score (nSPS) is 12.2. The highest BCUT2D eigenvalue weighted by Crippen LogP contribution is 2.49. The fourth-order valence-electron chi connectivity index (χ4n) is 7.33. The fraction of sp³-hybridized carbons (Fsp3) is 0. The van der Waals surface area contributed by atoms with Gasteiger partial charge >= 0.3 is 0 Å². The Balaban J connectivity index is 1.40. The average molecular weight is 546 g/mol. The molecule has 0 radical (unpaired) electrons. The van der Waals surface area contributed by atoms with Gasteiger partial charge in [-0.2, -0.15) is 0 Å². The molecule has 1 aliphatic rings. The highest BCUT2D eigenvalue weighted by molar-refractivity contribution is 6.27. The smallest absolute Gasteiger partial charge is 0.235 e. The van der Waals surface area contributed by atoms with Crippen LogP contribution in [0.15, 0.2) is 140 Å². The van der Waals surface area contributed by atoms with Gasteiger partial charge in [0, 0.05) is 27.1 Å². The van der Waals surface area contributed by atoms with Crippen molar-refractivity contribution in [1.29, 1.82) is 0 Å². The van der Waals surface area contributed by atoms with Crippen LogP contribution < -0.4 is 0 Å². The SMILES string of the molecule is c1ccc(-c2nc(-n3c4cccc5c4c4c(cccc43)-c3cccc4cccc-5c34)nc3c2ccc2ccccc23)cc1. The van der Waals surface area contributed by atoms with Crippen molar-refractivity contribution in [2.75, 3.05) is 0 Å². The molecule has 0 saturated heterocycles. The van der Waals surface area contributed by atoms with E-state index in [-0.39, 0.29) is 0 Å². The number of hydrogen-bond donors (Lipinski definition) is 0. The first-order valence-electron chi connectivity index (χ1n) is 14.7. The largest absolute Gasteiger partial charge is 0.278 e. The van der Waals surface area contributed by atoms with E-state index in [2.05, 4.69) is 144 Å². The van der Waals surface area contributed by atoms with Crippen LogP contribution >= 0.6 is 0 Å². The summed E-state index contributed by atoms with van der Waals surface area (Å²) in [4.78, 5) is 10.7. The predicted molar refractivity (Wildman–Crippen MR) is 179 cm³/mol. The van der Waals surface area contributed by atoms with E-state index in [1.807, 2.05) is 0 Å². The summed E-state index contributed by atoms with van der Waals surface area (Å²) in [5.74, 6) is 0.684. The minimum absolute atomic E-state index is 0.684. The van der Waals surface area contributed by atoms with E-state index in [1.165, 1.54) is 49.2 Å². The van der Waals surface area contributed by atoms with Crippen molar-refractivity contribution in [2.24, 2.45) is 0 Å². The number of nitrogens with zero attached hydrogens (tertiary/aromatic N) is 3. The minimum atomic E-state index is 0.684. The van der Waals surface area contributed by atoms with Gasteiger partial charge in [0.15, 0.2) is 0 Å². The summed E-state index contributed by atoms with van der Waals surface area (Å²) in [6.07, 6.45) is 0. The minimum Gasteiger partial charge on any atom is -0.278 e. The lowest BCUT2D eigenvalue weighted by Gasteiger charge is -2.14. The lowest BCUT2D eigenvalue weighted by molar-refractivity contribution is 1.02. The molecular formula is C40H23N3. The Bertz CT molecular complexity index is 2520. The zero-order valence-electron chi connectivity index (χ0n) is 23.1. The molecule has 7 aromatic carbocycles. The van der Waals surface area contributed by atoms with Gasteiger partial charge in [-0.15, -0.1) is 0 Å². The maximum Gasteiger partial charge on any atom is 0.235 e. The lowest BCUT2D eigenvalue weighted by atomic mass is 9.93. The number of hydrogen-bond acceptors (Lipinski definition) is 2. The molecule has 9 aromatic rings. The molecule has 0 saturated carbocycles. The maximum atomic E-state index is 5.37. The van der Waals surface area contributed by atoms with Crippen LogP contribution in [0.2, 0.25) is 0 Å². The molecule has 0 spiro atoms. The van der Waals surface area contributed by atoms with Gasteiger partial charge in [0.2, 0.25) is 5.95 Å². The Hall–Kier alpha value is -5.80. The number of rotatable bonds is 2. The predicted octanol–water partition coefficient (Wildman–Crippen LogP) is 10.3. The quantitative estimate of drug-likeness (QED) is 0.202. The third-order valence-electron chi connectivity index (χ3n) is 9.13. The summed E-state index contributed by atoms with van der Waals surface area (Å²) in [6.45, 7) is 0. The van der Waals surface area contributed by atoms with Gasteiger partial charge in [-0.25, -0.2) is 9.97 Å². The molecule has 2 aromatic heterocycles. The highest BCUT2D eigenvalue weighted by Gasteiger charge is 2.25. The van der Waals surface area contributed by atoms with Crippen LogP contribution in [-0.4, -0.2) is 14.5 Å². The van der Waals surface area contributed by atoms with Gasteiger partial charge in [0.05, 0.1) is 22.2 Å². The summed E-state index contributed by atoms with van der Waals surface area (Å²) in [5.41, 5.74) is 10.2. The Morgan fingerprint density at radius 2 is 0.977 bits per heavy atom. The molecule has 0 bridgehead atoms. The molecule has 1 aliphatic carbocycles. The van der Waals surface area contributed by atoms with Crippen LogP contribution in [0, 0.1) is 0 Å². The van der Waals surface area contributed by atoms with Crippen LogP contribution in [0.5, 0.6) is 0 Å². The fourth-order valence-corrected chi connectivity index (χ4v) is 7.33. The molecule has 0 N–H and O–H groups in total. The van der Waals surface area contributed by atoms with Crippen molar-refractivity contribution in [2.45, 2.75) is 0 Å². The molecule has 198 valence electrons. The average Bonchev–Trinajstić information content (AvgIpc) is 3.36. The first-order chi connectivity index (χ1) is 21.3. The van der Waals surface area contributed by atoms with Crippen molar-refractivity contribution < 1.29 is 0 Å². The summed E-state index contributed by atoms with van der Waals surface area (Å²) in [7, 11) is 0. The second kappa shape index (κ2) is 8.37. The first kappa shape index (κ1) is 22.8.